The lowest BCUT2D eigenvalue weighted by Gasteiger charge is -2.14. The number of pyridine rings is 1. The molecule has 0 aliphatic heterocycles. The van der Waals surface area contributed by atoms with Gasteiger partial charge in [0.25, 0.3) is 0 Å². The first-order chi connectivity index (χ1) is 9.76. The van der Waals surface area contributed by atoms with E-state index in [2.05, 4.69) is 26.2 Å². The Hall–Kier alpha value is -1.75. The summed E-state index contributed by atoms with van der Waals surface area (Å²) in [5.74, 6) is 2.25. The van der Waals surface area contributed by atoms with E-state index in [1.54, 1.807) is 13.3 Å². The van der Waals surface area contributed by atoms with E-state index in [9.17, 15) is 0 Å². The van der Waals surface area contributed by atoms with Crippen LogP contribution in [0.5, 0.6) is 11.5 Å². The third-order valence-electron chi connectivity index (χ3n) is 2.76. The van der Waals surface area contributed by atoms with Crippen LogP contribution in [0.2, 0.25) is 0 Å². The Balaban J connectivity index is 2.17. The largest absolute Gasteiger partial charge is 0.493 e. The van der Waals surface area contributed by atoms with Gasteiger partial charge in [-0.2, -0.15) is 0 Å². The predicted molar refractivity (Wildman–Crippen MR) is 83.4 cm³/mol. The van der Waals surface area contributed by atoms with Gasteiger partial charge in [-0.3, -0.25) is 0 Å². The molecule has 0 radical (unpaired) electrons. The molecule has 1 heterocycles. The summed E-state index contributed by atoms with van der Waals surface area (Å²) in [5.41, 5.74) is 1.01. The van der Waals surface area contributed by atoms with Gasteiger partial charge in [0.15, 0.2) is 11.5 Å². The first-order valence-corrected chi connectivity index (χ1v) is 7.18. The molecule has 1 aromatic heterocycles. The van der Waals surface area contributed by atoms with Gasteiger partial charge in [-0.05, 0) is 41.1 Å². The number of aromatic nitrogens is 1. The molecule has 0 bridgehead atoms. The van der Waals surface area contributed by atoms with Crippen LogP contribution in [-0.4, -0.2) is 18.6 Å². The summed E-state index contributed by atoms with van der Waals surface area (Å²) >= 11 is 3.47. The zero-order valence-electron chi connectivity index (χ0n) is 11.5. The maximum absolute atomic E-state index is 5.88. The van der Waals surface area contributed by atoms with Crippen LogP contribution in [0.4, 0.5) is 5.82 Å². The number of nitrogens with one attached hydrogen (secondary N) is 1. The number of anilines is 1. The molecule has 4 nitrogen and oxygen atoms in total. The fourth-order valence-corrected chi connectivity index (χ4v) is 2.28. The number of ether oxygens (including phenoxy) is 2. The maximum Gasteiger partial charge on any atom is 0.175 e. The first kappa shape index (κ1) is 14.7. The lowest BCUT2D eigenvalue weighted by Crippen LogP contribution is -2.06. The van der Waals surface area contributed by atoms with Crippen LogP contribution >= 0.6 is 15.9 Å². The number of benzene rings is 1. The topological polar surface area (TPSA) is 43.4 Å². The number of hydrogen-bond donors (Lipinski definition) is 1. The van der Waals surface area contributed by atoms with Crippen LogP contribution in [0.1, 0.15) is 12.5 Å². The zero-order valence-corrected chi connectivity index (χ0v) is 13.1. The Labute approximate surface area is 127 Å². The van der Waals surface area contributed by atoms with Crippen LogP contribution in [0.15, 0.2) is 41.0 Å². The van der Waals surface area contributed by atoms with E-state index in [1.807, 2.05) is 37.3 Å². The first-order valence-electron chi connectivity index (χ1n) is 6.39. The van der Waals surface area contributed by atoms with E-state index >= 15 is 0 Å². The van der Waals surface area contributed by atoms with Gasteiger partial charge >= 0.3 is 0 Å². The van der Waals surface area contributed by atoms with Crippen molar-refractivity contribution in [3.8, 4) is 11.5 Å². The molecule has 106 valence electrons. The van der Waals surface area contributed by atoms with Gasteiger partial charge in [0, 0.05) is 18.3 Å². The normalized spacial score (nSPS) is 10.2. The lowest BCUT2D eigenvalue weighted by atomic mass is 10.2. The van der Waals surface area contributed by atoms with E-state index in [4.69, 9.17) is 9.47 Å². The molecule has 0 aliphatic carbocycles. The highest BCUT2D eigenvalue weighted by Gasteiger charge is 2.10. The molecule has 5 heteroatoms. The van der Waals surface area contributed by atoms with Crippen molar-refractivity contribution in [2.75, 3.05) is 19.0 Å². The van der Waals surface area contributed by atoms with Crippen LogP contribution in [-0.2, 0) is 6.61 Å². The molecule has 0 fully saturated rings. The summed E-state index contributed by atoms with van der Waals surface area (Å²) in [7, 11) is 1.63. The second-order valence-electron chi connectivity index (χ2n) is 4.10. The predicted octanol–water partition coefficient (Wildman–Crippen LogP) is 3.86. The Kier molecular flexibility index (Phi) is 5.24. The Morgan fingerprint density at radius 2 is 2.10 bits per heavy atom. The summed E-state index contributed by atoms with van der Waals surface area (Å²) in [5, 5.41) is 3.22. The number of nitrogens with zero attached hydrogens (tertiary/aromatic N) is 1. The Morgan fingerprint density at radius 3 is 2.85 bits per heavy atom. The fraction of sp³-hybridized carbons (Fsp3) is 0.267. The Morgan fingerprint density at radius 1 is 1.25 bits per heavy atom. The van der Waals surface area contributed by atoms with Crippen molar-refractivity contribution < 1.29 is 9.47 Å². The molecule has 0 unspecified atom stereocenters. The minimum Gasteiger partial charge on any atom is -0.493 e. The van der Waals surface area contributed by atoms with E-state index in [0.717, 1.165) is 22.4 Å². The molecule has 1 aromatic carbocycles. The highest BCUT2D eigenvalue weighted by atomic mass is 79.9. The van der Waals surface area contributed by atoms with Gasteiger partial charge in [0.2, 0.25) is 0 Å². The van der Waals surface area contributed by atoms with E-state index in [-0.39, 0.29) is 0 Å². The summed E-state index contributed by atoms with van der Waals surface area (Å²) in [6.07, 6.45) is 1.76. The molecule has 0 saturated carbocycles. The Bertz CT molecular complexity index is 576. The van der Waals surface area contributed by atoms with E-state index in [0.29, 0.717) is 18.1 Å². The molecule has 0 aliphatic rings. The quantitative estimate of drug-likeness (QED) is 0.869. The smallest absolute Gasteiger partial charge is 0.175 e. The van der Waals surface area contributed by atoms with Gasteiger partial charge < -0.3 is 14.8 Å². The molecule has 0 amide bonds. The van der Waals surface area contributed by atoms with Crippen molar-refractivity contribution in [2.24, 2.45) is 0 Å². The number of methoxy groups -OCH3 is 1. The standard InChI is InChI=1S/C15H17BrN2O2/c1-3-17-15-11(6-5-9-18-15)10-20-14-12(16)7-4-8-13(14)19-2/h4-9H,3,10H2,1-2H3,(H,17,18). The van der Waals surface area contributed by atoms with Gasteiger partial charge in [-0.1, -0.05) is 12.1 Å². The van der Waals surface area contributed by atoms with Crippen molar-refractivity contribution in [1.82, 2.24) is 4.98 Å². The van der Waals surface area contributed by atoms with Crippen molar-refractivity contribution in [3.05, 3.63) is 46.6 Å². The van der Waals surface area contributed by atoms with Gasteiger partial charge in [-0.25, -0.2) is 4.98 Å². The zero-order chi connectivity index (χ0) is 14.4. The SMILES string of the molecule is CCNc1ncccc1COc1c(Br)cccc1OC. The van der Waals surface area contributed by atoms with Crippen molar-refractivity contribution in [2.45, 2.75) is 13.5 Å². The highest BCUT2D eigenvalue weighted by Crippen LogP contribution is 2.35. The average Bonchev–Trinajstić information content (AvgIpc) is 2.47. The number of rotatable bonds is 6. The summed E-state index contributed by atoms with van der Waals surface area (Å²) < 4.78 is 12.1. The average molecular weight is 337 g/mol. The third kappa shape index (κ3) is 3.42. The molecule has 2 rings (SSSR count). The van der Waals surface area contributed by atoms with Crippen LogP contribution < -0.4 is 14.8 Å². The number of para-hydroxylation sites is 1. The molecule has 20 heavy (non-hydrogen) atoms. The maximum atomic E-state index is 5.88. The van der Waals surface area contributed by atoms with Crippen molar-refractivity contribution in [3.63, 3.8) is 0 Å². The molecule has 2 aromatic rings. The molecule has 0 atom stereocenters. The lowest BCUT2D eigenvalue weighted by molar-refractivity contribution is 0.283. The minimum atomic E-state index is 0.426. The second-order valence-corrected chi connectivity index (χ2v) is 4.96. The third-order valence-corrected chi connectivity index (χ3v) is 3.38. The summed E-state index contributed by atoms with van der Waals surface area (Å²) in [6.45, 7) is 3.29. The monoisotopic (exact) mass is 336 g/mol. The molecule has 1 N–H and O–H groups in total. The second kappa shape index (κ2) is 7.14. The number of halogens is 1. The fourth-order valence-electron chi connectivity index (χ4n) is 1.82. The van der Waals surface area contributed by atoms with E-state index < -0.39 is 0 Å². The summed E-state index contributed by atoms with van der Waals surface area (Å²) in [4.78, 5) is 4.31. The van der Waals surface area contributed by atoms with Gasteiger partial charge in [0.1, 0.15) is 12.4 Å². The van der Waals surface area contributed by atoms with Crippen molar-refractivity contribution in [1.29, 1.82) is 0 Å². The highest BCUT2D eigenvalue weighted by molar-refractivity contribution is 9.10. The number of hydrogen-bond acceptors (Lipinski definition) is 4. The van der Waals surface area contributed by atoms with Crippen LogP contribution in [0, 0.1) is 0 Å². The van der Waals surface area contributed by atoms with Crippen molar-refractivity contribution >= 4 is 21.7 Å². The van der Waals surface area contributed by atoms with Gasteiger partial charge in [-0.15, -0.1) is 0 Å². The molecule has 0 saturated heterocycles. The minimum absolute atomic E-state index is 0.426. The van der Waals surface area contributed by atoms with E-state index in [1.165, 1.54) is 0 Å². The molecular weight excluding hydrogens is 320 g/mol. The molecular formula is C15H17BrN2O2. The van der Waals surface area contributed by atoms with Crippen LogP contribution in [0.25, 0.3) is 0 Å². The van der Waals surface area contributed by atoms with Gasteiger partial charge in [0.05, 0.1) is 11.6 Å². The summed E-state index contributed by atoms with van der Waals surface area (Å²) in [6, 6.07) is 9.59. The molecule has 0 spiro atoms. The van der Waals surface area contributed by atoms with Crippen LogP contribution in [0.3, 0.4) is 0 Å².